The van der Waals surface area contributed by atoms with E-state index in [1.807, 2.05) is 19.1 Å². The van der Waals surface area contributed by atoms with Crippen molar-refractivity contribution >= 4 is 23.7 Å². The molecule has 0 aliphatic carbocycles. The Morgan fingerprint density at radius 1 is 1.13 bits per heavy atom. The number of amides is 2. The lowest BCUT2D eigenvalue weighted by atomic mass is 9.87. The summed E-state index contributed by atoms with van der Waals surface area (Å²) in [6, 6.07) is 13.3. The van der Waals surface area contributed by atoms with Gasteiger partial charge in [-0.1, -0.05) is 43.3 Å². The molecule has 7 nitrogen and oxygen atoms in total. The van der Waals surface area contributed by atoms with Crippen LogP contribution in [-0.2, 0) is 6.42 Å². The Balaban J connectivity index is 0.000000827. The standard InChI is InChI=1S/C28H35FN4O2.C4H6F3N.C3H4/c1-4-5-14-33-15-13-20(2)24(19-33)18-30-28(35)25-17-22(11-12-26(25)29)16-21(3)31-32-27(34)23-9-7-6-8-10-23;1-2-8-3-4(5,6)7;1-3-2/h4-12,17,20,24H,13-16,18-19H2,1-3H3,(H,30,35)(H,32,34);2H,3H2,1H3;1H,2H3/b5-4+,31-21+;;. The van der Waals surface area contributed by atoms with E-state index < -0.39 is 24.4 Å². The van der Waals surface area contributed by atoms with Gasteiger partial charge in [-0.3, -0.25) is 19.5 Å². The molecule has 1 fully saturated rings. The number of alkyl halides is 3. The Bertz CT molecular complexity index is 1350. The second kappa shape index (κ2) is 21.4. The van der Waals surface area contributed by atoms with Crippen LogP contribution < -0.4 is 10.7 Å². The zero-order valence-electron chi connectivity index (χ0n) is 27.2. The summed E-state index contributed by atoms with van der Waals surface area (Å²) >= 11 is 0. The normalized spacial score (nSPS) is 16.9. The lowest BCUT2D eigenvalue weighted by Crippen LogP contribution is -2.44. The maximum atomic E-state index is 14.5. The van der Waals surface area contributed by atoms with Crippen LogP contribution in [0.2, 0.25) is 0 Å². The molecule has 0 bridgehead atoms. The Labute approximate surface area is 270 Å². The summed E-state index contributed by atoms with van der Waals surface area (Å²) in [5.41, 5.74) is 4.46. The number of carbonyl (C=O) groups excluding carboxylic acids is 2. The minimum atomic E-state index is -4.15. The average Bonchev–Trinajstić information content (AvgIpc) is 3.03. The van der Waals surface area contributed by atoms with Crippen LogP contribution in [0.15, 0.2) is 70.8 Å². The number of likely N-dealkylation sites (tertiary alicyclic amines) is 1. The Hall–Kier alpha value is -4.30. The fraction of sp³-hybridized carbons (Fsp3) is 0.429. The number of benzene rings is 2. The van der Waals surface area contributed by atoms with Crippen LogP contribution in [0.1, 0.15) is 67.3 Å². The first-order chi connectivity index (χ1) is 21.8. The van der Waals surface area contributed by atoms with E-state index in [4.69, 9.17) is 0 Å². The van der Waals surface area contributed by atoms with Crippen LogP contribution in [0.5, 0.6) is 0 Å². The smallest absolute Gasteiger partial charge is 0.352 e. The van der Waals surface area contributed by atoms with E-state index in [2.05, 4.69) is 51.1 Å². The van der Waals surface area contributed by atoms with Crippen molar-refractivity contribution in [3.8, 4) is 12.3 Å². The first-order valence-electron chi connectivity index (χ1n) is 15.0. The Kier molecular flexibility index (Phi) is 18.5. The third kappa shape index (κ3) is 16.1. The summed E-state index contributed by atoms with van der Waals surface area (Å²) in [7, 11) is 0. The van der Waals surface area contributed by atoms with E-state index in [0.29, 0.717) is 36.1 Å². The highest BCUT2D eigenvalue weighted by molar-refractivity contribution is 5.96. The molecule has 2 aromatic rings. The molecule has 3 rings (SSSR count). The van der Waals surface area contributed by atoms with Crippen LogP contribution in [0.25, 0.3) is 0 Å². The van der Waals surface area contributed by atoms with Gasteiger partial charge in [-0.15, -0.1) is 12.3 Å². The van der Waals surface area contributed by atoms with Crippen molar-refractivity contribution in [2.24, 2.45) is 21.9 Å². The third-order valence-electron chi connectivity index (χ3n) is 6.90. The third-order valence-corrected chi connectivity index (χ3v) is 6.90. The summed E-state index contributed by atoms with van der Waals surface area (Å²) in [5.74, 6) is 1.81. The topological polar surface area (TPSA) is 86.2 Å². The minimum absolute atomic E-state index is 0.0258. The number of halogens is 4. The predicted octanol–water partition coefficient (Wildman–Crippen LogP) is 6.72. The van der Waals surface area contributed by atoms with Crippen LogP contribution >= 0.6 is 0 Å². The summed E-state index contributed by atoms with van der Waals surface area (Å²) in [6.07, 6.45) is 7.25. The van der Waals surface area contributed by atoms with Crippen molar-refractivity contribution in [3.05, 3.63) is 83.2 Å². The van der Waals surface area contributed by atoms with Crippen LogP contribution in [0.4, 0.5) is 17.6 Å². The largest absolute Gasteiger partial charge is 0.407 e. The number of carbonyl (C=O) groups is 2. The van der Waals surface area contributed by atoms with Gasteiger partial charge in [-0.05, 0) is 88.5 Å². The van der Waals surface area contributed by atoms with Gasteiger partial charge in [0.05, 0.1) is 5.56 Å². The number of aliphatic imine (C=N–C) groups is 1. The van der Waals surface area contributed by atoms with Crippen molar-refractivity contribution < 1.29 is 27.2 Å². The van der Waals surface area contributed by atoms with Gasteiger partial charge >= 0.3 is 6.18 Å². The molecule has 2 amide bonds. The summed E-state index contributed by atoms with van der Waals surface area (Å²) in [5, 5.41) is 7.08. The van der Waals surface area contributed by atoms with Crippen molar-refractivity contribution in [2.45, 2.75) is 53.6 Å². The number of piperidine rings is 1. The van der Waals surface area contributed by atoms with Crippen molar-refractivity contribution in [1.29, 1.82) is 0 Å². The maximum Gasteiger partial charge on any atom is 0.407 e. The maximum absolute atomic E-state index is 14.5. The number of hydrogen-bond acceptors (Lipinski definition) is 5. The van der Waals surface area contributed by atoms with E-state index in [0.717, 1.165) is 37.8 Å². The van der Waals surface area contributed by atoms with E-state index in [-0.39, 0.29) is 11.5 Å². The van der Waals surface area contributed by atoms with Crippen LogP contribution in [0, 0.1) is 30.0 Å². The van der Waals surface area contributed by atoms with E-state index in [9.17, 15) is 27.2 Å². The molecule has 2 N–H and O–H groups in total. The van der Waals surface area contributed by atoms with Gasteiger partial charge in [0.25, 0.3) is 11.8 Å². The van der Waals surface area contributed by atoms with E-state index in [1.54, 1.807) is 50.2 Å². The minimum Gasteiger partial charge on any atom is -0.352 e. The highest BCUT2D eigenvalue weighted by Crippen LogP contribution is 2.23. The molecule has 1 heterocycles. The molecule has 2 unspecified atom stereocenters. The fourth-order valence-corrected chi connectivity index (χ4v) is 4.42. The molecular weight excluding hydrogens is 598 g/mol. The zero-order valence-corrected chi connectivity index (χ0v) is 27.2. The molecular formula is C35H45F4N5O2. The lowest BCUT2D eigenvalue weighted by molar-refractivity contribution is -0.118. The molecule has 250 valence electrons. The molecule has 2 atom stereocenters. The Morgan fingerprint density at radius 3 is 2.39 bits per heavy atom. The molecule has 1 saturated heterocycles. The van der Waals surface area contributed by atoms with E-state index in [1.165, 1.54) is 13.0 Å². The first-order valence-corrected chi connectivity index (χ1v) is 15.0. The molecule has 1 aliphatic heterocycles. The van der Waals surface area contributed by atoms with Crippen molar-refractivity contribution in [1.82, 2.24) is 15.6 Å². The fourth-order valence-electron chi connectivity index (χ4n) is 4.42. The molecule has 0 saturated carbocycles. The highest BCUT2D eigenvalue weighted by Gasteiger charge is 2.27. The molecule has 0 aromatic heterocycles. The first kappa shape index (κ1) is 39.7. The SMILES string of the molecule is C#CC.C/C=C/CN1CCC(C)C(CNC(=O)c2cc(C/C(C)=N/NC(=O)c3ccccc3)ccc2F)C1.CC=NCC(F)(F)F. The van der Waals surface area contributed by atoms with Gasteiger partial charge in [0.1, 0.15) is 12.4 Å². The quantitative estimate of drug-likeness (QED) is 0.0992. The molecule has 1 aliphatic rings. The van der Waals surface area contributed by atoms with Crippen molar-refractivity contribution in [2.75, 3.05) is 32.7 Å². The second-order valence-corrected chi connectivity index (χ2v) is 10.7. The van der Waals surface area contributed by atoms with Gasteiger partial charge in [-0.2, -0.15) is 18.3 Å². The Morgan fingerprint density at radius 2 is 1.80 bits per heavy atom. The van der Waals surface area contributed by atoms with Gasteiger partial charge in [-0.25, -0.2) is 9.82 Å². The molecule has 46 heavy (non-hydrogen) atoms. The number of hydrazone groups is 1. The second-order valence-electron chi connectivity index (χ2n) is 10.7. The summed E-state index contributed by atoms with van der Waals surface area (Å²) in [4.78, 5) is 30.4. The lowest BCUT2D eigenvalue weighted by Gasteiger charge is -2.36. The number of rotatable bonds is 10. The van der Waals surface area contributed by atoms with E-state index >= 15 is 0 Å². The monoisotopic (exact) mass is 643 g/mol. The van der Waals surface area contributed by atoms with Crippen LogP contribution in [0.3, 0.4) is 0 Å². The zero-order chi connectivity index (χ0) is 34.5. The number of terminal acetylenes is 1. The highest BCUT2D eigenvalue weighted by atomic mass is 19.4. The number of nitrogens with one attached hydrogen (secondary N) is 2. The summed E-state index contributed by atoms with van der Waals surface area (Å²) < 4.78 is 47.9. The van der Waals surface area contributed by atoms with Gasteiger partial charge in [0.2, 0.25) is 0 Å². The number of nitrogens with zero attached hydrogens (tertiary/aromatic N) is 3. The van der Waals surface area contributed by atoms with Crippen molar-refractivity contribution in [3.63, 3.8) is 0 Å². The predicted molar refractivity (Wildman–Crippen MR) is 178 cm³/mol. The van der Waals surface area contributed by atoms with Gasteiger partial charge in [0, 0.05) is 37.3 Å². The number of hydrogen-bond donors (Lipinski definition) is 2. The molecule has 0 spiro atoms. The molecule has 0 radical (unpaired) electrons. The van der Waals surface area contributed by atoms with Gasteiger partial charge < -0.3 is 5.32 Å². The number of allylic oxidation sites excluding steroid dienone is 1. The molecule has 11 heteroatoms. The average molecular weight is 644 g/mol. The van der Waals surface area contributed by atoms with Crippen LogP contribution in [-0.4, -0.2) is 67.5 Å². The summed E-state index contributed by atoms with van der Waals surface area (Å²) in [6.45, 7) is 11.4. The van der Waals surface area contributed by atoms with Gasteiger partial charge in [0.15, 0.2) is 0 Å². The molecule has 2 aromatic carbocycles.